The standard InChI is InChI=1S/C24H24O4/c1-6-19(25)27-23-18-9-13(4)7-8-16(18)22(28-24(26)12(2)3)20-15-10-14(5)17(11-15)21(20)23/h6-9,14-15,17H,1-2,10-11H2,3-5H3. The van der Waals surface area contributed by atoms with Crippen LogP contribution in [0.2, 0.25) is 0 Å². The molecule has 0 spiro atoms. The second-order valence-corrected chi connectivity index (χ2v) is 8.08. The number of benzene rings is 2. The summed E-state index contributed by atoms with van der Waals surface area (Å²) in [5.74, 6) is 1.35. The van der Waals surface area contributed by atoms with Gasteiger partial charge in [0.15, 0.2) is 0 Å². The van der Waals surface area contributed by atoms with Crippen LogP contribution in [-0.4, -0.2) is 11.9 Å². The fraction of sp³-hybridized carbons (Fsp3) is 0.333. The summed E-state index contributed by atoms with van der Waals surface area (Å²) in [4.78, 5) is 24.5. The predicted molar refractivity (Wildman–Crippen MR) is 109 cm³/mol. The number of hydrogen-bond acceptors (Lipinski definition) is 4. The minimum Gasteiger partial charge on any atom is -0.422 e. The van der Waals surface area contributed by atoms with Crippen LogP contribution in [0.25, 0.3) is 10.8 Å². The molecule has 4 heteroatoms. The van der Waals surface area contributed by atoms with E-state index in [9.17, 15) is 9.59 Å². The van der Waals surface area contributed by atoms with Crippen molar-refractivity contribution in [1.29, 1.82) is 0 Å². The van der Waals surface area contributed by atoms with Gasteiger partial charge < -0.3 is 9.47 Å². The maximum absolute atomic E-state index is 12.4. The summed E-state index contributed by atoms with van der Waals surface area (Å²) >= 11 is 0. The van der Waals surface area contributed by atoms with E-state index in [-0.39, 0.29) is 0 Å². The van der Waals surface area contributed by atoms with E-state index in [1.165, 1.54) is 6.08 Å². The molecule has 0 amide bonds. The van der Waals surface area contributed by atoms with E-state index < -0.39 is 11.9 Å². The summed E-state index contributed by atoms with van der Waals surface area (Å²) in [5.41, 5.74) is 3.42. The van der Waals surface area contributed by atoms with Crippen molar-refractivity contribution in [2.75, 3.05) is 0 Å². The van der Waals surface area contributed by atoms with Crippen LogP contribution < -0.4 is 9.47 Å². The molecule has 1 fully saturated rings. The Bertz CT molecular complexity index is 1050. The lowest BCUT2D eigenvalue weighted by Gasteiger charge is -2.27. The molecule has 0 N–H and O–H groups in total. The lowest BCUT2D eigenvalue weighted by atomic mass is 9.81. The van der Waals surface area contributed by atoms with Crippen LogP contribution in [-0.2, 0) is 9.59 Å². The van der Waals surface area contributed by atoms with E-state index in [1.54, 1.807) is 6.92 Å². The van der Waals surface area contributed by atoms with Gasteiger partial charge in [0.25, 0.3) is 0 Å². The molecule has 0 heterocycles. The third-order valence-electron chi connectivity index (χ3n) is 6.02. The van der Waals surface area contributed by atoms with Gasteiger partial charge in [-0.05, 0) is 50.5 Å². The van der Waals surface area contributed by atoms with Gasteiger partial charge in [0, 0.05) is 33.5 Å². The summed E-state index contributed by atoms with van der Waals surface area (Å²) < 4.78 is 11.6. The van der Waals surface area contributed by atoms with Crippen molar-refractivity contribution in [2.24, 2.45) is 5.92 Å². The summed E-state index contributed by atoms with van der Waals surface area (Å²) in [5, 5.41) is 1.57. The van der Waals surface area contributed by atoms with Gasteiger partial charge in [0.05, 0.1) is 0 Å². The highest BCUT2D eigenvalue weighted by molar-refractivity contribution is 6.02. The second-order valence-electron chi connectivity index (χ2n) is 8.08. The molecule has 0 saturated heterocycles. The van der Waals surface area contributed by atoms with Crippen LogP contribution in [0.1, 0.15) is 55.2 Å². The number of carbonyl (C=O) groups excluding carboxylic acids is 2. The number of carbonyl (C=O) groups is 2. The molecule has 3 unspecified atom stereocenters. The molecular weight excluding hydrogens is 352 g/mol. The zero-order chi connectivity index (χ0) is 20.2. The number of hydrogen-bond donors (Lipinski definition) is 0. The van der Waals surface area contributed by atoms with Crippen molar-refractivity contribution in [3.05, 3.63) is 59.7 Å². The van der Waals surface area contributed by atoms with E-state index in [2.05, 4.69) is 20.1 Å². The first kappa shape index (κ1) is 18.5. The molecule has 2 aromatic rings. The number of ether oxygens (including phenoxy) is 2. The Balaban J connectivity index is 2.05. The average Bonchev–Trinajstić information content (AvgIpc) is 3.21. The number of rotatable bonds is 4. The van der Waals surface area contributed by atoms with Crippen molar-refractivity contribution in [1.82, 2.24) is 0 Å². The van der Waals surface area contributed by atoms with Crippen molar-refractivity contribution < 1.29 is 19.1 Å². The third kappa shape index (κ3) is 2.75. The molecule has 4 rings (SSSR count). The molecule has 2 aromatic carbocycles. The molecular formula is C24H24O4. The minimum absolute atomic E-state index is 0.291. The van der Waals surface area contributed by atoms with Crippen LogP contribution in [0.5, 0.6) is 11.5 Å². The zero-order valence-electron chi connectivity index (χ0n) is 16.5. The van der Waals surface area contributed by atoms with E-state index in [1.807, 2.05) is 25.1 Å². The second kappa shape index (κ2) is 6.62. The van der Waals surface area contributed by atoms with Crippen molar-refractivity contribution in [3.8, 4) is 11.5 Å². The zero-order valence-corrected chi connectivity index (χ0v) is 16.5. The van der Waals surface area contributed by atoms with Crippen LogP contribution >= 0.6 is 0 Å². The van der Waals surface area contributed by atoms with Gasteiger partial charge in [0.2, 0.25) is 0 Å². The van der Waals surface area contributed by atoms with Gasteiger partial charge in [-0.1, -0.05) is 37.8 Å². The molecule has 2 bridgehead atoms. The Morgan fingerprint density at radius 3 is 2.50 bits per heavy atom. The molecule has 0 aliphatic heterocycles. The van der Waals surface area contributed by atoms with Crippen LogP contribution in [0.3, 0.4) is 0 Å². The quantitative estimate of drug-likeness (QED) is 0.411. The molecule has 2 aliphatic carbocycles. The Hall–Kier alpha value is -2.88. The normalized spacial score (nSPS) is 22.0. The predicted octanol–water partition coefficient (Wildman–Crippen LogP) is 5.33. The molecule has 28 heavy (non-hydrogen) atoms. The summed E-state index contributed by atoms with van der Waals surface area (Å²) in [6.07, 6.45) is 3.21. The van der Waals surface area contributed by atoms with E-state index >= 15 is 0 Å². The lowest BCUT2D eigenvalue weighted by molar-refractivity contribution is -0.130. The van der Waals surface area contributed by atoms with E-state index in [4.69, 9.17) is 9.47 Å². The summed E-state index contributed by atoms with van der Waals surface area (Å²) in [6.45, 7) is 13.1. The van der Waals surface area contributed by atoms with Crippen LogP contribution in [0, 0.1) is 12.8 Å². The highest BCUT2D eigenvalue weighted by Gasteiger charge is 2.47. The minimum atomic E-state index is -0.480. The first-order chi connectivity index (χ1) is 13.3. The smallest absolute Gasteiger partial charge is 0.338 e. The Morgan fingerprint density at radius 1 is 1.11 bits per heavy atom. The van der Waals surface area contributed by atoms with E-state index in [0.29, 0.717) is 34.8 Å². The average molecular weight is 376 g/mol. The fourth-order valence-electron chi connectivity index (χ4n) is 4.78. The summed E-state index contributed by atoms with van der Waals surface area (Å²) in [6, 6.07) is 5.89. The fourth-order valence-corrected chi connectivity index (χ4v) is 4.78. The molecule has 3 atom stereocenters. The largest absolute Gasteiger partial charge is 0.422 e. The highest BCUT2D eigenvalue weighted by Crippen LogP contribution is 2.63. The van der Waals surface area contributed by atoms with Gasteiger partial charge in [0.1, 0.15) is 11.5 Å². The maximum atomic E-state index is 12.4. The van der Waals surface area contributed by atoms with Crippen LogP contribution in [0.15, 0.2) is 43.0 Å². The van der Waals surface area contributed by atoms with Gasteiger partial charge in [-0.2, -0.15) is 0 Å². The summed E-state index contributed by atoms with van der Waals surface area (Å²) in [7, 11) is 0. The topological polar surface area (TPSA) is 52.6 Å². The molecule has 4 nitrogen and oxygen atoms in total. The monoisotopic (exact) mass is 376 g/mol. The Morgan fingerprint density at radius 2 is 1.82 bits per heavy atom. The molecule has 144 valence electrons. The first-order valence-corrected chi connectivity index (χ1v) is 9.63. The van der Waals surface area contributed by atoms with Crippen LogP contribution in [0.4, 0.5) is 0 Å². The van der Waals surface area contributed by atoms with Crippen molar-refractivity contribution in [2.45, 2.75) is 45.4 Å². The van der Waals surface area contributed by atoms with E-state index in [0.717, 1.165) is 40.3 Å². The number of esters is 2. The number of aryl methyl sites for hydroxylation is 1. The Kier molecular flexibility index (Phi) is 4.37. The van der Waals surface area contributed by atoms with Gasteiger partial charge in [-0.3, -0.25) is 0 Å². The first-order valence-electron chi connectivity index (χ1n) is 9.63. The van der Waals surface area contributed by atoms with Crippen molar-refractivity contribution in [3.63, 3.8) is 0 Å². The maximum Gasteiger partial charge on any atom is 0.338 e. The Labute approximate surface area is 164 Å². The highest BCUT2D eigenvalue weighted by atomic mass is 16.5. The van der Waals surface area contributed by atoms with Crippen molar-refractivity contribution >= 4 is 22.7 Å². The molecule has 1 saturated carbocycles. The van der Waals surface area contributed by atoms with Gasteiger partial charge in [-0.15, -0.1) is 0 Å². The molecule has 0 aromatic heterocycles. The third-order valence-corrected chi connectivity index (χ3v) is 6.02. The molecule has 2 aliphatic rings. The lowest BCUT2D eigenvalue weighted by Crippen LogP contribution is -2.16. The van der Waals surface area contributed by atoms with Gasteiger partial charge >= 0.3 is 11.9 Å². The SMILES string of the molecule is C=CC(=O)Oc1c2c(c(OC(=O)C(=C)C)c3ccc(C)cc13)C1CC(C)C2C1. The molecule has 0 radical (unpaired) electrons. The van der Waals surface area contributed by atoms with Gasteiger partial charge in [-0.25, -0.2) is 9.59 Å². The number of fused-ring (bicyclic) bond motifs is 6.